The molecular weight excluding hydrogens is 578 g/mol. The zero-order valence-corrected chi connectivity index (χ0v) is 26.0. The van der Waals surface area contributed by atoms with Crippen LogP contribution in [0.5, 0.6) is 5.75 Å². The normalized spacial score (nSPS) is 17.3. The fourth-order valence-corrected chi connectivity index (χ4v) is 6.78. The molecule has 9 nitrogen and oxygen atoms in total. The molecular formula is C34H37N3O6S. The molecule has 3 aromatic carbocycles. The lowest BCUT2D eigenvalue weighted by Crippen LogP contribution is -2.58. The van der Waals surface area contributed by atoms with Gasteiger partial charge in [-0.1, -0.05) is 54.6 Å². The van der Waals surface area contributed by atoms with E-state index in [1.807, 2.05) is 75.4 Å². The van der Waals surface area contributed by atoms with Crippen LogP contribution in [0.3, 0.4) is 0 Å². The van der Waals surface area contributed by atoms with Gasteiger partial charge in [0.2, 0.25) is 5.91 Å². The van der Waals surface area contributed by atoms with Crippen molar-refractivity contribution < 1.29 is 29.0 Å². The van der Waals surface area contributed by atoms with Crippen molar-refractivity contribution in [3.63, 3.8) is 0 Å². The number of carbonyl (C=O) groups is 3. The van der Waals surface area contributed by atoms with E-state index < -0.39 is 34.7 Å². The van der Waals surface area contributed by atoms with E-state index in [9.17, 15) is 24.6 Å². The number of aliphatic hydroxyl groups excluding tert-OH is 1. The van der Waals surface area contributed by atoms with Gasteiger partial charge in [-0.05, 0) is 57.9 Å². The molecule has 1 saturated heterocycles. The monoisotopic (exact) mass is 615 g/mol. The van der Waals surface area contributed by atoms with E-state index >= 15 is 0 Å². The Morgan fingerprint density at radius 3 is 2.43 bits per heavy atom. The first-order valence-corrected chi connectivity index (χ1v) is 15.5. The number of aryl methyl sites for hydroxylation is 1. The molecule has 4 aromatic rings. The third kappa shape index (κ3) is 6.32. The molecule has 10 heteroatoms. The van der Waals surface area contributed by atoms with Gasteiger partial charge >= 0.3 is 0 Å². The van der Waals surface area contributed by atoms with Crippen molar-refractivity contribution in [3.8, 4) is 5.75 Å². The summed E-state index contributed by atoms with van der Waals surface area (Å²) in [6.45, 7) is 7.49. The predicted molar refractivity (Wildman–Crippen MR) is 170 cm³/mol. The molecule has 0 radical (unpaired) electrons. The lowest BCUT2D eigenvalue weighted by molar-refractivity contribution is -0.147. The van der Waals surface area contributed by atoms with Gasteiger partial charge in [0.05, 0.1) is 18.5 Å². The Balaban J connectivity index is 1.36. The van der Waals surface area contributed by atoms with E-state index in [1.54, 1.807) is 19.1 Å². The summed E-state index contributed by atoms with van der Waals surface area (Å²) in [4.78, 5) is 42.3. The minimum absolute atomic E-state index is 0.0306. The van der Waals surface area contributed by atoms with Gasteiger partial charge < -0.3 is 30.2 Å². The Kier molecular flexibility index (Phi) is 9.03. The van der Waals surface area contributed by atoms with E-state index in [-0.39, 0.29) is 36.1 Å². The second kappa shape index (κ2) is 12.8. The molecule has 5 rings (SSSR count). The van der Waals surface area contributed by atoms with Gasteiger partial charge in [-0.25, -0.2) is 0 Å². The second-order valence-electron chi connectivity index (χ2n) is 11.6. The summed E-state index contributed by atoms with van der Waals surface area (Å²) >= 11 is 1.44. The van der Waals surface area contributed by atoms with E-state index in [0.29, 0.717) is 11.3 Å². The highest BCUT2D eigenvalue weighted by Crippen LogP contribution is 2.40. The number of phenols is 1. The third-order valence-electron chi connectivity index (χ3n) is 8.24. The van der Waals surface area contributed by atoms with E-state index in [2.05, 4.69) is 10.6 Å². The predicted octanol–water partition coefficient (Wildman–Crippen LogP) is 4.45. The fourth-order valence-electron chi connectivity index (χ4n) is 5.64. The molecule has 2 heterocycles. The summed E-state index contributed by atoms with van der Waals surface area (Å²) in [5.74, 6) is -0.748. The van der Waals surface area contributed by atoms with E-state index in [4.69, 9.17) is 4.42 Å². The van der Waals surface area contributed by atoms with Crippen LogP contribution in [0.2, 0.25) is 0 Å². The molecule has 1 aromatic heterocycles. The van der Waals surface area contributed by atoms with Gasteiger partial charge in [-0.15, -0.1) is 11.8 Å². The number of hydrogen-bond donors (Lipinski definition) is 4. The van der Waals surface area contributed by atoms with Gasteiger partial charge in [0.1, 0.15) is 23.1 Å². The number of para-hydroxylation sites is 1. The molecule has 3 atom stereocenters. The molecule has 230 valence electrons. The Bertz CT molecular complexity index is 1690. The van der Waals surface area contributed by atoms with Crippen molar-refractivity contribution in [1.82, 2.24) is 15.5 Å². The quantitative estimate of drug-likeness (QED) is 0.219. The van der Waals surface area contributed by atoms with Crippen LogP contribution in [0, 0.1) is 13.8 Å². The van der Waals surface area contributed by atoms with Crippen LogP contribution in [0.4, 0.5) is 0 Å². The van der Waals surface area contributed by atoms with Gasteiger partial charge in [-0.3, -0.25) is 14.4 Å². The summed E-state index contributed by atoms with van der Waals surface area (Å²) in [6.07, 6.45) is -1.47. The number of thioether (sulfide) groups is 1. The average molecular weight is 616 g/mol. The van der Waals surface area contributed by atoms with Gasteiger partial charge in [0, 0.05) is 26.8 Å². The molecule has 44 heavy (non-hydrogen) atoms. The fraction of sp³-hybridized carbons (Fsp3) is 0.324. The van der Waals surface area contributed by atoms with Gasteiger partial charge in [0.15, 0.2) is 6.10 Å². The molecule has 0 bridgehead atoms. The number of fused-ring (bicyclic) bond motifs is 1. The van der Waals surface area contributed by atoms with Crippen LogP contribution in [0.1, 0.15) is 46.7 Å². The molecule has 1 fully saturated rings. The van der Waals surface area contributed by atoms with Crippen molar-refractivity contribution in [2.45, 2.75) is 63.6 Å². The number of furan rings is 1. The molecule has 1 aliphatic rings. The molecule has 3 amide bonds. The van der Waals surface area contributed by atoms with Gasteiger partial charge in [0.25, 0.3) is 11.8 Å². The maximum atomic E-state index is 13.9. The summed E-state index contributed by atoms with van der Waals surface area (Å²) < 4.78 is 5.32. The van der Waals surface area contributed by atoms with Gasteiger partial charge in [-0.2, -0.15) is 0 Å². The van der Waals surface area contributed by atoms with Crippen LogP contribution in [0.25, 0.3) is 11.0 Å². The van der Waals surface area contributed by atoms with Crippen molar-refractivity contribution >= 4 is 40.5 Å². The Morgan fingerprint density at radius 2 is 1.70 bits per heavy atom. The zero-order valence-electron chi connectivity index (χ0n) is 25.2. The van der Waals surface area contributed by atoms with Crippen molar-refractivity contribution in [2.75, 3.05) is 5.88 Å². The van der Waals surface area contributed by atoms with Crippen molar-refractivity contribution in [3.05, 3.63) is 101 Å². The SMILES string of the molecule is Cc1c(O)cccc1C(=O)NC(Cc1ccccc1)C(O)C(=O)N1CSC(C)(C)C1C(=O)NCc1oc2ccccc2c1C. The largest absolute Gasteiger partial charge is 0.508 e. The second-order valence-corrected chi connectivity index (χ2v) is 13.2. The van der Waals surface area contributed by atoms with Crippen molar-refractivity contribution in [1.29, 1.82) is 0 Å². The number of carbonyl (C=O) groups excluding carboxylic acids is 3. The lowest BCUT2D eigenvalue weighted by atomic mass is 9.96. The molecule has 4 N–H and O–H groups in total. The standard InChI is InChI=1S/C34H37N3O6S/c1-20-24(14-10-15-26(20)38)31(40)36-25(17-22-11-6-5-7-12-22)29(39)33(42)37-19-44-34(3,4)30(37)32(41)35-18-28-21(2)23-13-8-9-16-27(23)43-28/h5-16,25,29-30,38-39H,17-19H2,1-4H3,(H,35,41)(H,36,40). The number of aromatic hydroxyl groups is 1. The number of phenolic OH excluding ortho intramolecular Hbond substituents is 1. The highest BCUT2D eigenvalue weighted by atomic mass is 32.2. The lowest BCUT2D eigenvalue weighted by Gasteiger charge is -2.33. The summed E-state index contributed by atoms with van der Waals surface area (Å²) in [5, 5.41) is 28.4. The third-order valence-corrected chi connectivity index (χ3v) is 9.62. The summed E-state index contributed by atoms with van der Waals surface area (Å²) in [6, 6.07) is 19.6. The van der Waals surface area contributed by atoms with Crippen LogP contribution in [-0.2, 0) is 22.6 Å². The number of nitrogens with one attached hydrogen (secondary N) is 2. The topological polar surface area (TPSA) is 132 Å². The Morgan fingerprint density at radius 1 is 1.00 bits per heavy atom. The molecule has 0 spiro atoms. The maximum Gasteiger partial charge on any atom is 0.254 e. The summed E-state index contributed by atoms with van der Waals surface area (Å²) in [7, 11) is 0. The minimum atomic E-state index is -1.64. The van der Waals surface area contributed by atoms with Crippen molar-refractivity contribution in [2.24, 2.45) is 0 Å². The van der Waals surface area contributed by atoms with Crippen LogP contribution >= 0.6 is 11.8 Å². The molecule has 1 aliphatic heterocycles. The van der Waals surface area contributed by atoms with Crippen LogP contribution in [0.15, 0.2) is 77.2 Å². The van der Waals surface area contributed by atoms with E-state index in [1.165, 1.54) is 22.7 Å². The smallest absolute Gasteiger partial charge is 0.254 e. The highest BCUT2D eigenvalue weighted by molar-refractivity contribution is 8.00. The first-order chi connectivity index (χ1) is 21.0. The summed E-state index contributed by atoms with van der Waals surface area (Å²) in [5.41, 5.74) is 3.10. The molecule has 3 unspecified atom stereocenters. The average Bonchev–Trinajstić information content (AvgIpc) is 3.51. The zero-order chi connectivity index (χ0) is 31.6. The number of hydrogen-bond acceptors (Lipinski definition) is 7. The Labute approximate surface area is 260 Å². The number of amides is 3. The van der Waals surface area contributed by atoms with Crippen LogP contribution in [-0.4, -0.2) is 61.6 Å². The molecule has 0 saturated carbocycles. The number of nitrogens with zero attached hydrogens (tertiary/aromatic N) is 1. The number of benzene rings is 3. The number of rotatable bonds is 9. The first-order valence-electron chi connectivity index (χ1n) is 14.5. The van der Waals surface area contributed by atoms with E-state index in [0.717, 1.165) is 22.1 Å². The van der Waals surface area contributed by atoms with Crippen LogP contribution < -0.4 is 10.6 Å². The molecule has 0 aliphatic carbocycles. The highest BCUT2D eigenvalue weighted by Gasteiger charge is 2.49. The first kappa shape index (κ1) is 31.2. The minimum Gasteiger partial charge on any atom is -0.508 e. The number of aliphatic hydroxyl groups is 1. The maximum absolute atomic E-state index is 13.9. The Hall–Kier alpha value is -4.28.